The van der Waals surface area contributed by atoms with Crippen LogP contribution in [0.4, 0.5) is 4.79 Å². The molecule has 0 saturated carbocycles. The van der Waals surface area contributed by atoms with Crippen LogP contribution in [-0.2, 0) is 9.47 Å². The van der Waals surface area contributed by atoms with Crippen LogP contribution in [0, 0.1) is 0 Å². The number of rotatable bonds is 11. The molecule has 0 radical (unpaired) electrons. The van der Waals surface area contributed by atoms with Gasteiger partial charge in [0.15, 0.2) is 0 Å². The summed E-state index contributed by atoms with van der Waals surface area (Å²) in [5.74, 6) is 0. The van der Waals surface area contributed by atoms with Crippen LogP contribution < -0.4 is 0 Å². The van der Waals surface area contributed by atoms with Crippen molar-refractivity contribution in [2.75, 3.05) is 6.61 Å². The standard InChI is InChI=1S/C16H30O3/c1-3-5-7-8-9-11-13-16(12-10-6-4-2)14-18-15(17)19-16/h3-14H2,1-2H3. The molecule has 0 aromatic heterocycles. The molecule has 1 rings (SSSR count). The monoisotopic (exact) mass is 270 g/mol. The number of unbranched alkanes of at least 4 members (excludes halogenated alkanes) is 7. The summed E-state index contributed by atoms with van der Waals surface area (Å²) in [6.07, 6.45) is 12.6. The first kappa shape index (κ1) is 16.3. The summed E-state index contributed by atoms with van der Waals surface area (Å²) in [4.78, 5) is 11.2. The SMILES string of the molecule is CCCCCCCCC1(CCCCC)COC(=O)O1. The van der Waals surface area contributed by atoms with Crippen LogP contribution in [0.15, 0.2) is 0 Å². The predicted octanol–water partition coefficient (Wildman–Crippen LogP) is 5.22. The van der Waals surface area contributed by atoms with Gasteiger partial charge in [0, 0.05) is 0 Å². The zero-order valence-corrected chi connectivity index (χ0v) is 12.7. The first-order valence-corrected chi connectivity index (χ1v) is 8.08. The lowest BCUT2D eigenvalue weighted by Gasteiger charge is -2.24. The van der Waals surface area contributed by atoms with Gasteiger partial charge in [-0.1, -0.05) is 58.8 Å². The maximum absolute atomic E-state index is 11.2. The van der Waals surface area contributed by atoms with Crippen LogP contribution in [0.5, 0.6) is 0 Å². The lowest BCUT2D eigenvalue weighted by atomic mass is 9.90. The summed E-state index contributed by atoms with van der Waals surface area (Å²) in [5.41, 5.74) is -0.309. The van der Waals surface area contributed by atoms with Gasteiger partial charge in [0.1, 0.15) is 12.2 Å². The highest BCUT2D eigenvalue weighted by Crippen LogP contribution is 2.32. The Labute approximate surface area is 118 Å². The Balaban J connectivity index is 2.23. The normalized spacial score (nSPS) is 22.3. The fourth-order valence-corrected chi connectivity index (χ4v) is 2.72. The third-order valence-electron chi connectivity index (χ3n) is 3.97. The van der Waals surface area contributed by atoms with Gasteiger partial charge < -0.3 is 9.47 Å². The summed E-state index contributed by atoms with van der Waals surface area (Å²) >= 11 is 0. The molecule has 19 heavy (non-hydrogen) atoms. The topological polar surface area (TPSA) is 35.5 Å². The van der Waals surface area contributed by atoms with E-state index in [1.54, 1.807) is 0 Å². The van der Waals surface area contributed by atoms with Crippen molar-refractivity contribution >= 4 is 6.16 Å². The van der Waals surface area contributed by atoms with E-state index in [2.05, 4.69) is 13.8 Å². The molecule has 1 aliphatic rings. The van der Waals surface area contributed by atoms with Crippen LogP contribution in [0.1, 0.15) is 84.5 Å². The predicted molar refractivity (Wildman–Crippen MR) is 77.3 cm³/mol. The molecule has 0 N–H and O–H groups in total. The molecule has 1 atom stereocenters. The van der Waals surface area contributed by atoms with Gasteiger partial charge >= 0.3 is 6.16 Å². The number of carbonyl (C=O) groups is 1. The third-order valence-corrected chi connectivity index (χ3v) is 3.97. The molecule has 1 aliphatic heterocycles. The van der Waals surface area contributed by atoms with Gasteiger partial charge in [0.05, 0.1) is 0 Å². The first-order valence-electron chi connectivity index (χ1n) is 8.08. The molecule has 0 bridgehead atoms. The quantitative estimate of drug-likeness (QED) is 0.381. The average molecular weight is 270 g/mol. The van der Waals surface area contributed by atoms with Crippen molar-refractivity contribution < 1.29 is 14.3 Å². The Bertz CT molecular complexity index is 252. The Kier molecular flexibility index (Phi) is 7.92. The molecule has 112 valence electrons. The number of ether oxygens (including phenoxy) is 2. The Morgan fingerprint density at radius 2 is 1.42 bits per heavy atom. The Morgan fingerprint density at radius 1 is 0.895 bits per heavy atom. The third kappa shape index (κ3) is 6.31. The molecule has 3 heteroatoms. The summed E-state index contributed by atoms with van der Waals surface area (Å²) < 4.78 is 10.5. The molecule has 0 amide bonds. The lowest BCUT2D eigenvalue weighted by molar-refractivity contribution is 0.0380. The van der Waals surface area contributed by atoms with Crippen molar-refractivity contribution in [1.82, 2.24) is 0 Å². The molecular weight excluding hydrogens is 240 g/mol. The van der Waals surface area contributed by atoms with E-state index in [0.717, 1.165) is 25.7 Å². The molecular formula is C16H30O3. The van der Waals surface area contributed by atoms with Crippen molar-refractivity contribution in [2.45, 2.75) is 90.1 Å². The van der Waals surface area contributed by atoms with Crippen molar-refractivity contribution in [1.29, 1.82) is 0 Å². The van der Waals surface area contributed by atoms with Crippen molar-refractivity contribution in [3.8, 4) is 0 Å². The van der Waals surface area contributed by atoms with E-state index in [-0.39, 0.29) is 5.60 Å². The molecule has 1 saturated heterocycles. The molecule has 0 aliphatic carbocycles. The van der Waals surface area contributed by atoms with Gasteiger partial charge in [-0.05, 0) is 25.7 Å². The summed E-state index contributed by atoms with van der Waals surface area (Å²) in [6, 6.07) is 0. The number of hydrogen-bond donors (Lipinski definition) is 0. The second-order valence-corrected chi connectivity index (χ2v) is 5.80. The number of carbonyl (C=O) groups excluding carboxylic acids is 1. The average Bonchev–Trinajstić information content (AvgIpc) is 2.76. The largest absolute Gasteiger partial charge is 0.509 e. The Morgan fingerprint density at radius 3 is 2.00 bits per heavy atom. The van der Waals surface area contributed by atoms with Crippen LogP contribution in [-0.4, -0.2) is 18.4 Å². The minimum atomic E-state index is -0.470. The fraction of sp³-hybridized carbons (Fsp3) is 0.938. The second-order valence-electron chi connectivity index (χ2n) is 5.80. The highest BCUT2D eigenvalue weighted by Gasteiger charge is 2.41. The smallest absolute Gasteiger partial charge is 0.430 e. The first-order chi connectivity index (χ1) is 9.22. The highest BCUT2D eigenvalue weighted by molar-refractivity contribution is 5.62. The van der Waals surface area contributed by atoms with E-state index in [9.17, 15) is 4.79 Å². The van der Waals surface area contributed by atoms with Crippen molar-refractivity contribution in [3.63, 3.8) is 0 Å². The summed E-state index contributed by atoms with van der Waals surface area (Å²) in [6.45, 7) is 4.89. The molecule has 3 nitrogen and oxygen atoms in total. The van der Waals surface area contributed by atoms with Gasteiger partial charge in [-0.15, -0.1) is 0 Å². The minimum Gasteiger partial charge on any atom is -0.430 e. The van der Waals surface area contributed by atoms with Crippen molar-refractivity contribution in [3.05, 3.63) is 0 Å². The second kappa shape index (κ2) is 9.22. The van der Waals surface area contributed by atoms with Crippen LogP contribution in [0.2, 0.25) is 0 Å². The van der Waals surface area contributed by atoms with E-state index in [1.807, 2.05) is 0 Å². The molecule has 0 aromatic carbocycles. The van der Waals surface area contributed by atoms with Crippen LogP contribution >= 0.6 is 0 Å². The zero-order chi connectivity index (χ0) is 14.0. The van der Waals surface area contributed by atoms with Gasteiger partial charge in [0.2, 0.25) is 0 Å². The fourth-order valence-electron chi connectivity index (χ4n) is 2.72. The number of cyclic esters (lactones) is 2. The summed E-state index contributed by atoms with van der Waals surface area (Å²) in [7, 11) is 0. The molecule has 0 aromatic rings. The van der Waals surface area contributed by atoms with Gasteiger partial charge in [-0.2, -0.15) is 0 Å². The maximum Gasteiger partial charge on any atom is 0.509 e. The van der Waals surface area contributed by atoms with E-state index < -0.39 is 6.16 Å². The van der Waals surface area contributed by atoms with E-state index >= 15 is 0 Å². The molecule has 1 fully saturated rings. The van der Waals surface area contributed by atoms with Crippen LogP contribution in [0.25, 0.3) is 0 Å². The Hall–Kier alpha value is -0.730. The van der Waals surface area contributed by atoms with E-state index in [0.29, 0.717) is 6.61 Å². The highest BCUT2D eigenvalue weighted by atomic mass is 16.8. The summed E-state index contributed by atoms with van der Waals surface area (Å²) in [5, 5.41) is 0. The lowest BCUT2D eigenvalue weighted by Crippen LogP contribution is -2.31. The molecule has 0 spiro atoms. The molecule has 1 heterocycles. The maximum atomic E-state index is 11.2. The zero-order valence-electron chi connectivity index (χ0n) is 12.7. The van der Waals surface area contributed by atoms with Crippen molar-refractivity contribution in [2.24, 2.45) is 0 Å². The van der Waals surface area contributed by atoms with Gasteiger partial charge in [-0.25, -0.2) is 4.79 Å². The molecule has 1 unspecified atom stereocenters. The van der Waals surface area contributed by atoms with E-state index in [1.165, 1.54) is 44.9 Å². The van der Waals surface area contributed by atoms with Crippen LogP contribution in [0.3, 0.4) is 0 Å². The number of hydrogen-bond acceptors (Lipinski definition) is 3. The van der Waals surface area contributed by atoms with E-state index in [4.69, 9.17) is 9.47 Å². The van der Waals surface area contributed by atoms with Gasteiger partial charge in [-0.3, -0.25) is 0 Å². The minimum absolute atomic E-state index is 0.309. The van der Waals surface area contributed by atoms with Gasteiger partial charge in [0.25, 0.3) is 0 Å².